The van der Waals surface area contributed by atoms with Crippen LogP contribution in [-0.2, 0) is 17.5 Å². The lowest BCUT2D eigenvalue weighted by Gasteiger charge is -2.15. The molecule has 0 fully saturated rings. The first-order valence-electron chi connectivity index (χ1n) is 7.22. The Kier molecular flexibility index (Phi) is 5.61. The maximum absolute atomic E-state index is 13.5. The molecule has 1 N–H and O–H groups in total. The number of alkyl halides is 3. The predicted octanol–water partition coefficient (Wildman–Crippen LogP) is 4.07. The minimum atomic E-state index is -4.48. The van der Waals surface area contributed by atoms with Crippen LogP contribution >= 0.6 is 0 Å². The van der Waals surface area contributed by atoms with Crippen LogP contribution in [0.1, 0.15) is 18.1 Å². The Labute approximate surface area is 140 Å². The average Bonchev–Trinajstić information content (AvgIpc) is 2.54. The normalized spacial score (nSPS) is 12.6. The number of hydrogen-bond donors (Lipinski definition) is 1. The number of rotatable bonds is 5. The third-order valence-electron chi connectivity index (χ3n) is 3.29. The molecule has 0 aliphatic carbocycles. The summed E-state index contributed by atoms with van der Waals surface area (Å²) in [5.41, 5.74) is -0.569. The second-order valence-corrected chi connectivity index (χ2v) is 5.25. The van der Waals surface area contributed by atoms with Crippen LogP contribution < -0.4 is 10.1 Å². The number of halogens is 5. The first-order valence-corrected chi connectivity index (χ1v) is 7.22. The van der Waals surface area contributed by atoms with Crippen LogP contribution in [-0.4, -0.2) is 12.0 Å². The first-order chi connectivity index (χ1) is 11.7. The quantitative estimate of drug-likeness (QED) is 0.818. The van der Waals surface area contributed by atoms with E-state index in [0.29, 0.717) is 6.07 Å². The topological polar surface area (TPSA) is 38.3 Å². The molecule has 3 nitrogen and oxygen atoms in total. The summed E-state index contributed by atoms with van der Waals surface area (Å²) in [6, 6.07) is 7.15. The van der Waals surface area contributed by atoms with Crippen LogP contribution in [0.5, 0.6) is 5.75 Å². The zero-order chi connectivity index (χ0) is 18.6. The minimum Gasteiger partial charge on any atom is -0.478 e. The number of benzene rings is 2. The molecule has 2 aromatic rings. The number of nitrogens with one attached hydrogen (secondary N) is 1. The monoisotopic (exact) mass is 359 g/mol. The van der Waals surface area contributed by atoms with Gasteiger partial charge in [0, 0.05) is 12.6 Å². The molecule has 1 atom stereocenters. The Balaban J connectivity index is 1.95. The molecule has 8 heteroatoms. The fourth-order valence-electron chi connectivity index (χ4n) is 2.01. The highest BCUT2D eigenvalue weighted by molar-refractivity contribution is 5.80. The van der Waals surface area contributed by atoms with E-state index >= 15 is 0 Å². The van der Waals surface area contributed by atoms with Crippen LogP contribution in [0, 0.1) is 11.6 Å². The SMILES string of the molecule is CC(Oc1ccc(F)cc1F)C(=O)NCc1cccc(C(F)(F)F)c1. The highest BCUT2D eigenvalue weighted by atomic mass is 19.4. The van der Waals surface area contributed by atoms with Gasteiger partial charge in [0.25, 0.3) is 5.91 Å². The van der Waals surface area contributed by atoms with E-state index in [2.05, 4.69) is 5.32 Å². The van der Waals surface area contributed by atoms with E-state index in [4.69, 9.17) is 4.74 Å². The molecule has 0 saturated carbocycles. The van der Waals surface area contributed by atoms with Gasteiger partial charge in [0.15, 0.2) is 17.7 Å². The number of hydrogen-bond acceptors (Lipinski definition) is 2. The van der Waals surface area contributed by atoms with Crippen molar-refractivity contribution in [3.63, 3.8) is 0 Å². The summed E-state index contributed by atoms with van der Waals surface area (Å²) in [6.45, 7) is 1.19. The van der Waals surface area contributed by atoms with Crippen molar-refractivity contribution >= 4 is 5.91 Å². The molecular formula is C17H14F5NO2. The Morgan fingerprint density at radius 3 is 2.52 bits per heavy atom. The van der Waals surface area contributed by atoms with E-state index in [0.717, 1.165) is 24.3 Å². The zero-order valence-electron chi connectivity index (χ0n) is 13.0. The summed E-state index contributed by atoms with van der Waals surface area (Å²) in [5, 5.41) is 2.40. The Morgan fingerprint density at radius 1 is 1.16 bits per heavy atom. The lowest BCUT2D eigenvalue weighted by Crippen LogP contribution is -2.36. The van der Waals surface area contributed by atoms with E-state index < -0.39 is 35.4 Å². The molecule has 0 aliphatic heterocycles. The molecule has 25 heavy (non-hydrogen) atoms. The Hall–Kier alpha value is -2.64. The van der Waals surface area contributed by atoms with Crippen molar-refractivity contribution < 1.29 is 31.5 Å². The third kappa shape index (κ3) is 5.17. The smallest absolute Gasteiger partial charge is 0.416 e. The molecule has 0 aliphatic rings. The highest BCUT2D eigenvalue weighted by Gasteiger charge is 2.30. The van der Waals surface area contributed by atoms with Crippen molar-refractivity contribution in [1.82, 2.24) is 5.32 Å². The van der Waals surface area contributed by atoms with Crippen molar-refractivity contribution in [2.75, 3.05) is 0 Å². The standard InChI is InChI=1S/C17H14F5NO2/c1-10(25-15-6-5-13(18)8-14(15)19)16(24)23-9-11-3-2-4-12(7-11)17(20,21)22/h2-8,10H,9H2,1H3,(H,23,24). The maximum Gasteiger partial charge on any atom is 0.416 e. The summed E-state index contributed by atoms with van der Waals surface area (Å²) in [6.07, 6.45) is -5.60. The molecule has 0 radical (unpaired) electrons. The lowest BCUT2D eigenvalue weighted by molar-refractivity contribution is -0.137. The first kappa shape index (κ1) is 18.7. The van der Waals surface area contributed by atoms with E-state index in [-0.39, 0.29) is 17.9 Å². The molecule has 0 aromatic heterocycles. The summed E-state index contributed by atoms with van der Waals surface area (Å²) in [4.78, 5) is 11.9. The van der Waals surface area contributed by atoms with Gasteiger partial charge in [-0.15, -0.1) is 0 Å². The average molecular weight is 359 g/mol. The van der Waals surface area contributed by atoms with Gasteiger partial charge in [-0.3, -0.25) is 4.79 Å². The molecule has 2 rings (SSSR count). The fourth-order valence-corrected chi connectivity index (χ4v) is 2.01. The lowest BCUT2D eigenvalue weighted by atomic mass is 10.1. The van der Waals surface area contributed by atoms with Gasteiger partial charge in [-0.1, -0.05) is 12.1 Å². The molecule has 1 amide bonds. The molecule has 0 bridgehead atoms. The molecule has 0 heterocycles. The van der Waals surface area contributed by atoms with Crippen molar-refractivity contribution in [3.05, 3.63) is 65.2 Å². The summed E-state index contributed by atoms with van der Waals surface area (Å²) in [5.74, 6) is -2.70. The van der Waals surface area contributed by atoms with Crippen molar-refractivity contribution in [1.29, 1.82) is 0 Å². The van der Waals surface area contributed by atoms with Gasteiger partial charge in [-0.05, 0) is 36.8 Å². The molecule has 2 aromatic carbocycles. The molecule has 134 valence electrons. The minimum absolute atomic E-state index is 0.150. The third-order valence-corrected chi connectivity index (χ3v) is 3.29. The number of carbonyl (C=O) groups excluding carboxylic acids is 1. The van der Waals surface area contributed by atoms with Crippen molar-refractivity contribution in [3.8, 4) is 5.75 Å². The number of carbonyl (C=O) groups is 1. The second-order valence-electron chi connectivity index (χ2n) is 5.25. The van der Waals surface area contributed by atoms with Crippen LogP contribution in [0.4, 0.5) is 22.0 Å². The van der Waals surface area contributed by atoms with Crippen LogP contribution in [0.2, 0.25) is 0 Å². The number of amides is 1. The zero-order valence-corrected chi connectivity index (χ0v) is 13.0. The van der Waals surface area contributed by atoms with Gasteiger partial charge in [-0.25, -0.2) is 8.78 Å². The molecule has 0 spiro atoms. The van der Waals surface area contributed by atoms with Gasteiger partial charge in [0.1, 0.15) is 5.82 Å². The summed E-state index contributed by atoms with van der Waals surface area (Å²) < 4.78 is 69.3. The highest BCUT2D eigenvalue weighted by Crippen LogP contribution is 2.29. The number of ether oxygens (including phenoxy) is 1. The van der Waals surface area contributed by atoms with Crippen molar-refractivity contribution in [2.45, 2.75) is 25.7 Å². The Bertz CT molecular complexity index is 761. The second kappa shape index (κ2) is 7.50. The molecule has 0 saturated heterocycles. The van der Waals surface area contributed by atoms with Crippen LogP contribution in [0.3, 0.4) is 0 Å². The summed E-state index contributed by atoms with van der Waals surface area (Å²) >= 11 is 0. The van der Waals surface area contributed by atoms with Gasteiger partial charge < -0.3 is 10.1 Å². The van der Waals surface area contributed by atoms with Gasteiger partial charge in [0.05, 0.1) is 5.56 Å². The predicted molar refractivity (Wildman–Crippen MR) is 79.7 cm³/mol. The maximum atomic E-state index is 13.5. The van der Waals surface area contributed by atoms with E-state index in [1.165, 1.54) is 19.1 Å². The van der Waals surface area contributed by atoms with E-state index in [9.17, 15) is 26.7 Å². The van der Waals surface area contributed by atoms with Crippen molar-refractivity contribution in [2.24, 2.45) is 0 Å². The van der Waals surface area contributed by atoms with E-state index in [1.54, 1.807) is 0 Å². The molecular weight excluding hydrogens is 345 g/mol. The molecule has 1 unspecified atom stereocenters. The van der Waals surface area contributed by atoms with Gasteiger partial charge in [0.2, 0.25) is 0 Å². The van der Waals surface area contributed by atoms with Gasteiger partial charge in [-0.2, -0.15) is 13.2 Å². The summed E-state index contributed by atoms with van der Waals surface area (Å²) in [7, 11) is 0. The van der Waals surface area contributed by atoms with Crippen LogP contribution in [0.15, 0.2) is 42.5 Å². The van der Waals surface area contributed by atoms with Crippen LogP contribution in [0.25, 0.3) is 0 Å². The fraction of sp³-hybridized carbons (Fsp3) is 0.235. The van der Waals surface area contributed by atoms with E-state index in [1.807, 2.05) is 0 Å². The van der Waals surface area contributed by atoms with Gasteiger partial charge >= 0.3 is 6.18 Å². The largest absolute Gasteiger partial charge is 0.478 e. The Morgan fingerprint density at radius 2 is 1.88 bits per heavy atom.